The van der Waals surface area contributed by atoms with Crippen LogP contribution in [0.3, 0.4) is 0 Å². The highest BCUT2D eigenvalue weighted by molar-refractivity contribution is 9.10. The molecule has 0 aliphatic carbocycles. The Morgan fingerprint density at radius 3 is 2.96 bits per heavy atom. The molecule has 1 aromatic heterocycles. The van der Waals surface area contributed by atoms with Gasteiger partial charge in [0.1, 0.15) is 5.01 Å². The standard InChI is InChI=1S/C18H17BrN2OS2/c1-3-6-15(4-2)20-17(22)12-23-10-16-11-24-18(21-16)13-7-5-8-14(19)9-13/h3-9,11H,1-2,10,12H2,(H,20,22)/b15-6+. The second-order valence-corrected chi connectivity index (χ2v) is 7.52. The highest BCUT2D eigenvalue weighted by Crippen LogP contribution is 2.27. The molecule has 3 nitrogen and oxygen atoms in total. The van der Waals surface area contributed by atoms with Crippen molar-refractivity contribution in [2.75, 3.05) is 5.75 Å². The molecule has 0 radical (unpaired) electrons. The topological polar surface area (TPSA) is 42.0 Å². The molecule has 1 N–H and O–H groups in total. The number of carbonyl (C=O) groups excluding carboxylic acids is 1. The highest BCUT2D eigenvalue weighted by Gasteiger charge is 2.07. The van der Waals surface area contributed by atoms with Crippen LogP contribution >= 0.6 is 39.0 Å². The van der Waals surface area contributed by atoms with Crippen molar-refractivity contribution >= 4 is 44.9 Å². The molecule has 0 aliphatic heterocycles. The molecule has 0 spiro atoms. The van der Waals surface area contributed by atoms with E-state index < -0.39 is 0 Å². The molecule has 1 heterocycles. The monoisotopic (exact) mass is 420 g/mol. The molecular weight excluding hydrogens is 404 g/mol. The predicted octanol–water partition coefficient (Wildman–Crippen LogP) is 5.18. The third-order valence-corrected chi connectivity index (χ3v) is 5.31. The largest absolute Gasteiger partial charge is 0.325 e. The molecule has 0 fully saturated rings. The molecule has 2 rings (SSSR count). The molecule has 0 saturated heterocycles. The number of carbonyl (C=O) groups is 1. The number of benzene rings is 1. The first-order valence-corrected chi connectivity index (χ1v) is 9.98. The second-order valence-electron chi connectivity index (χ2n) is 4.76. The van der Waals surface area contributed by atoms with Gasteiger partial charge in [-0.15, -0.1) is 23.1 Å². The summed E-state index contributed by atoms with van der Waals surface area (Å²) < 4.78 is 1.04. The summed E-state index contributed by atoms with van der Waals surface area (Å²) in [4.78, 5) is 16.5. The number of allylic oxidation sites excluding steroid dienone is 3. The van der Waals surface area contributed by atoms with Crippen LogP contribution < -0.4 is 5.32 Å². The molecule has 24 heavy (non-hydrogen) atoms. The van der Waals surface area contributed by atoms with Crippen LogP contribution in [-0.4, -0.2) is 16.6 Å². The first kappa shape index (κ1) is 18.7. The van der Waals surface area contributed by atoms with Gasteiger partial charge in [-0.1, -0.05) is 47.3 Å². The lowest BCUT2D eigenvalue weighted by molar-refractivity contribution is -0.117. The third kappa shape index (κ3) is 5.78. The number of thioether (sulfide) groups is 1. The van der Waals surface area contributed by atoms with Crippen molar-refractivity contribution in [3.05, 3.63) is 76.9 Å². The summed E-state index contributed by atoms with van der Waals surface area (Å²) in [6.07, 6.45) is 4.92. The number of nitrogens with one attached hydrogen (secondary N) is 1. The molecule has 1 aromatic carbocycles. The van der Waals surface area contributed by atoms with E-state index in [-0.39, 0.29) is 5.91 Å². The molecular formula is C18H17BrN2OS2. The van der Waals surface area contributed by atoms with Crippen LogP contribution in [0.5, 0.6) is 0 Å². The van der Waals surface area contributed by atoms with E-state index >= 15 is 0 Å². The van der Waals surface area contributed by atoms with E-state index in [1.54, 1.807) is 29.6 Å². The van der Waals surface area contributed by atoms with Gasteiger partial charge in [0.25, 0.3) is 0 Å². The zero-order valence-corrected chi connectivity index (χ0v) is 16.2. The van der Waals surface area contributed by atoms with E-state index in [2.05, 4.69) is 39.4 Å². The van der Waals surface area contributed by atoms with Crippen molar-refractivity contribution in [1.82, 2.24) is 10.3 Å². The fraction of sp³-hybridized carbons (Fsp3) is 0.111. The molecule has 2 aromatic rings. The molecule has 0 aliphatic rings. The van der Waals surface area contributed by atoms with Crippen molar-refractivity contribution < 1.29 is 4.79 Å². The van der Waals surface area contributed by atoms with E-state index in [0.717, 1.165) is 20.7 Å². The number of thiazole rings is 1. The fourth-order valence-corrected chi connectivity index (χ4v) is 3.90. The summed E-state index contributed by atoms with van der Waals surface area (Å²) in [6, 6.07) is 8.07. The van der Waals surface area contributed by atoms with Crippen molar-refractivity contribution in [3.63, 3.8) is 0 Å². The summed E-state index contributed by atoms with van der Waals surface area (Å²) in [5.74, 6) is 1.01. The summed E-state index contributed by atoms with van der Waals surface area (Å²) in [5.41, 5.74) is 2.73. The minimum Gasteiger partial charge on any atom is -0.325 e. The van der Waals surface area contributed by atoms with Gasteiger partial charge in [0.2, 0.25) is 5.91 Å². The lowest BCUT2D eigenvalue weighted by Gasteiger charge is -2.04. The van der Waals surface area contributed by atoms with Crippen LogP contribution in [0.4, 0.5) is 0 Å². The average Bonchev–Trinajstić information content (AvgIpc) is 3.03. The van der Waals surface area contributed by atoms with Gasteiger partial charge in [-0.2, -0.15) is 0 Å². The van der Waals surface area contributed by atoms with Crippen LogP contribution in [0, 0.1) is 0 Å². The number of hydrogen-bond donors (Lipinski definition) is 1. The molecule has 0 saturated carbocycles. The fourth-order valence-electron chi connectivity index (χ4n) is 1.86. The Hall–Kier alpha value is -1.63. The van der Waals surface area contributed by atoms with Crippen LogP contribution in [0.2, 0.25) is 0 Å². The average molecular weight is 421 g/mol. The molecule has 0 unspecified atom stereocenters. The lowest BCUT2D eigenvalue weighted by atomic mass is 10.2. The number of hydrogen-bond acceptors (Lipinski definition) is 4. The normalized spacial score (nSPS) is 11.1. The molecule has 6 heteroatoms. The van der Waals surface area contributed by atoms with Crippen molar-refractivity contribution in [2.24, 2.45) is 0 Å². The Balaban J connectivity index is 1.85. The van der Waals surface area contributed by atoms with Gasteiger partial charge in [0.05, 0.1) is 11.4 Å². The van der Waals surface area contributed by atoms with Crippen LogP contribution in [0.1, 0.15) is 5.69 Å². The van der Waals surface area contributed by atoms with Crippen LogP contribution in [0.25, 0.3) is 10.6 Å². The minimum absolute atomic E-state index is 0.0598. The maximum Gasteiger partial charge on any atom is 0.234 e. The van der Waals surface area contributed by atoms with E-state index in [4.69, 9.17) is 0 Å². The second kappa shape index (κ2) is 9.61. The smallest absolute Gasteiger partial charge is 0.234 e. The molecule has 0 bridgehead atoms. The first-order valence-electron chi connectivity index (χ1n) is 7.15. The summed E-state index contributed by atoms with van der Waals surface area (Å²) in [6.45, 7) is 7.25. The maximum absolute atomic E-state index is 11.9. The van der Waals surface area contributed by atoms with Gasteiger partial charge in [0.15, 0.2) is 0 Å². The molecule has 0 atom stereocenters. The Kier molecular flexibility index (Phi) is 7.49. The number of halogens is 1. The number of aromatic nitrogens is 1. The summed E-state index contributed by atoms with van der Waals surface area (Å²) in [7, 11) is 0. The summed E-state index contributed by atoms with van der Waals surface area (Å²) >= 11 is 6.62. The predicted molar refractivity (Wildman–Crippen MR) is 108 cm³/mol. The number of amides is 1. The van der Waals surface area contributed by atoms with Crippen molar-refractivity contribution in [1.29, 1.82) is 0 Å². The van der Waals surface area contributed by atoms with Gasteiger partial charge >= 0.3 is 0 Å². The number of rotatable bonds is 8. The van der Waals surface area contributed by atoms with Gasteiger partial charge in [-0.25, -0.2) is 4.98 Å². The summed E-state index contributed by atoms with van der Waals surface area (Å²) in [5, 5.41) is 5.80. The number of nitrogens with zero attached hydrogens (tertiary/aromatic N) is 1. The third-order valence-electron chi connectivity index (χ3n) is 2.91. The van der Waals surface area contributed by atoms with E-state index in [1.807, 2.05) is 29.6 Å². The SMILES string of the molecule is C=C/C=C(\C=C)NC(=O)CSCc1csc(-c2cccc(Br)c2)n1. The Morgan fingerprint density at radius 1 is 1.42 bits per heavy atom. The Labute approximate surface area is 158 Å². The lowest BCUT2D eigenvalue weighted by Crippen LogP contribution is -2.23. The maximum atomic E-state index is 11.9. The van der Waals surface area contributed by atoms with Crippen LogP contribution in [-0.2, 0) is 10.5 Å². The first-order chi connectivity index (χ1) is 11.6. The van der Waals surface area contributed by atoms with Gasteiger partial charge in [0, 0.05) is 26.9 Å². The van der Waals surface area contributed by atoms with E-state index in [1.165, 1.54) is 11.8 Å². The zero-order valence-electron chi connectivity index (χ0n) is 13.0. The van der Waals surface area contributed by atoms with Crippen LogP contribution in [0.15, 0.2) is 71.2 Å². The van der Waals surface area contributed by atoms with E-state index in [9.17, 15) is 4.79 Å². The highest BCUT2D eigenvalue weighted by atomic mass is 79.9. The van der Waals surface area contributed by atoms with Crippen molar-refractivity contribution in [3.8, 4) is 10.6 Å². The van der Waals surface area contributed by atoms with E-state index in [0.29, 0.717) is 17.2 Å². The van der Waals surface area contributed by atoms with Crippen molar-refractivity contribution in [2.45, 2.75) is 5.75 Å². The molecule has 1 amide bonds. The van der Waals surface area contributed by atoms with Gasteiger partial charge < -0.3 is 5.32 Å². The Morgan fingerprint density at radius 2 is 2.25 bits per heavy atom. The molecule has 124 valence electrons. The van der Waals surface area contributed by atoms with Gasteiger partial charge in [-0.05, 0) is 24.3 Å². The quantitative estimate of drug-likeness (QED) is 0.598. The zero-order chi connectivity index (χ0) is 17.4. The Bertz CT molecular complexity index is 768. The minimum atomic E-state index is -0.0598. The van der Waals surface area contributed by atoms with Gasteiger partial charge in [-0.3, -0.25) is 4.79 Å².